The molecule has 2 saturated heterocycles. The van der Waals surface area contributed by atoms with E-state index in [1.165, 1.54) is 60.7 Å². The van der Waals surface area contributed by atoms with Gasteiger partial charge in [0.1, 0.15) is 23.5 Å². The van der Waals surface area contributed by atoms with E-state index in [4.69, 9.17) is 4.74 Å². The molecule has 3 aromatic carbocycles. The molecule has 2 aliphatic rings. The monoisotopic (exact) mass is 480 g/mol. The van der Waals surface area contributed by atoms with Crippen LogP contribution in [0.2, 0.25) is 0 Å². The molecule has 0 aliphatic carbocycles. The molecule has 35 heavy (non-hydrogen) atoms. The summed E-state index contributed by atoms with van der Waals surface area (Å²) in [6.07, 6.45) is 0. The van der Waals surface area contributed by atoms with Gasteiger partial charge in [0, 0.05) is 0 Å². The predicted molar refractivity (Wildman–Crippen MR) is 118 cm³/mol. The maximum absolute atomic E-state index is 13.9. The van der Waals surface area contributed by atoms with Gasteiger partial charge in [-0.1, -0.05) is 24.3 Å². The minimum absolute atomic E-state index is 0.145. The van der Waals surface area contributed by atoms with E-state index in [0.717, 1.165) is 24.1 Å². The average Bonchev–Trinajstić information content (AvgIpc) is 3.35. The number of amides is 2. The van der Waals surface area contributed by atoms with Crippen LogP contribution in [-0.4, -0.2) is 30.9 Å². The molecule has 0 unspecified atom stereocenters. The highest BCUT2D eigenvalue weighted by molar-refractivity contribution is 6.24. The van der Waals surface area contributed by atoms with Gasteiger partial charge in [0.05, 0.1) is 30.2 Å². The molecule has 2 heterocycles. The zero-order valence-electron chi connectivity index (χ0n) is 18.4. The highest BCUT2D eigenvalue weighted by Crippen LogP contribution is 2.52. The van der Waals surface area contributed by atoms with Crippen LogP contribution in [0.1, 0.15) is 11.1 Å². The number of esters is 1. The number of nitrogens with zero attached hydrogens (tertiary/aromatic N) is 1. The Hall–Kier alpha value is -3.98. The molecule has 9 heteroatoms. The second-order valence-electron chi connectivity index (χ2n) is 8.46. The standard InChI is InChI=1S/C26H19F3N2O4/c1-35-25(34)22-20-21(24(33)31(23(20)32)19-12-10-18(29)11-13-19)26(30-22,14-2-6-16(27)7-3-14)15-4-8-17(28)9-5-15/h2-13,20-22,30H,1H3/t20-,21-,22-/m1/s1. The minimum Gasteiger partial charge on any atom is -0.468 e. The number of rotatable bonds is 4. The summed E-state index contributed by atoms with van der Waals surface area (Å²) >= 11 is 0. The number of imide groups is 1. The Morgan fingerprint density at radius 3 is 1.71 bits per heavy atom. The molecule has 0 saturated carbocycles. The molecule has 6 nitrogen and oxygen atoms in total. The van der Waals surface area contributed by atoms with Crippen molar-refractivity contribution in [3.05, 3.63) is 101 Å². The Morgan fingerprint density at radius 2 is 1.26 bits per heavy atom. The summed E-state index contributed by atoms with van der Waals surface area (Å²) in [5.41, 5.74) is -0.554. The average molecular weight is 480 g/mol. The summed E-state index contributed by atoms with van der Waals surface area (Å²) in [4.78, 5) is 41.3. The maximum Gasteiger partial charge on any atom is 0.323 e. The molecule has 0 radical (unpaired) electrons. The van der Waals surface area contributed by atoms with Crippen molar-refractivity contribution in [2.24, 2.45) is 11.8 Å². The van der Waals surface area contributed by atoms with Gasteiger partial charge in [-0.15, -0.1) is 0 Å². The zero-order chi connectivity index (χ0) is 24.9. The van der Waals surface area contributed by atoms with Gasteiger partial charge in [-0.25, -0.2) is 18.1 Å². The van der Waals surface area contributed by atoms with Crippen LogP contribution >= 0.6 is 0 Å². The first-order valence-corrected chi connectivity index (χ1v) is 10.8. The van der Waals surface area contributed by atoms with E-state index in [0.29, 0.717) is 11.1 Å². The molecule has 2 fully saturated rings. The summed E-state index contributed by atoms with van der Waals surface area (Å²) in [5.74, 6) is -6.02. The number of anilines is 1. The highest BCUT2D eigenvalue weighted by Gasteiger charge is 2.68. The van der Waals surface area contributed by atoms with Crippen LogP contribution in [0.3, 0.4) is 0 Å². The first-order valence-electron chi connectivity index (χ1n) is 10.8. The van der Waals surface area contributed by atoms with Crippen LogP contribution in [0.4, 0.5) is 18.9 Å². The fourth-order valence-corrected chi connectivity index (χ4v) is 5.20. The molecule has 2 aliphatic heterocycles. The minimum atomic E-state index is -1.49. The zero-order valence-corrected chi connectivity index (χ0v) is 18.4. The number of ether oxygens (including phenoxy) is 1. The van der Waals surface area contributed by atoms with Gasteiger partial charge in [-0.05, 0) is 59.7 Å². The Kier molecular flexibility index (Phi) is 5.44. The summed E-state index contributed by atoms with van der Waals surface area (Å²) in [6, 6.07) is 14.2. The Balaban J connectivity index is 1.75. The Bertz CT molecular complexity index is 1260. The van der Waals surface area contributed by atoms with E-state index >= 15 is 0 Å². The molecule has 1 N–H and O–H groups in total. The molecule has 2 amide bonds. The largest absolute Gasteiger partial charge is 0.468 e. The molecule has 3 aromatic rings. The van der Waals surface area contributed by atoms with Crippen LogP contribution in [0, 0.1) is 29.3 Å². The number of carbonyl (C=O) groups excluding carboxylic acids is 3. The molecule has 178 valence electrons. The number of hydrogen-bond donors (Lipinski definition) is 1. The number of methoxy groups -OCH3 is 1. The van der Waals surface area contributed by atoms with Crippen molar-refractivity contribution in [2.45, 2.75) is 11.6 Å². The normalized spacial score (nSPS) is 22.9. The summed E-state index contributed by atoms with van der Waals surface area (Å²) < 4.78 is 46.1. The fraction of sp³-hybridized carbons (Fsp3) is 0.192. The number of fused-ring (bicyclic) bond motifs is 1. The lowest BCUT2D eigenvalue weighted by atomic mass is 9.71. The third kappa shape index (κ3) is 3.42. The van der Waals surface area contributed by atoms with Gasteiger partial charge in [-0.3, -0.25) is 19.7 Å². The fourth-order valence-electron chi connectivity index (χ4n) is 5.20. The van der Waals surface area contributed by atoms with Crippen molar-refractivity contribution in [1.82, 2.24) is 5.32 Å². The number of carbonyl (C=O) groups is 3. The van der Waals surface area contributed by atoms with E-state index in [1.54, 1.807) is 0 Å². The molecular formula is C26H19F3N2O4. The summed E-state index contributed by atoms with van der Waals surface area (Å²) in [6.45, 7) is 0. The van der Waals surface area contributed by atoms with Crippen LogP contribution in [0.5, 0.6) is 0 Å². The van der Waals surface area contributed by atoms with Gasteiger partial charge in [-0.2, -0.15) is 0 Å². The van der Waals surface area contributed by atoms with E-state index in [2.05, 4.69) is 5.32 Å². The maximum atomic E-state index is 13.9. The lowest BCUT2D eigenvalue weighted by Crippen LogP contribution is -2.52. The Morgan fingerprint density at radius 1 is 0.800 bits per heavy atom. The lowest BCUT2D eigenvalue weighted by molar-refractivity contribution is -0.145. The first kappa shape index (κ1) is 22.8. The van der Waals surface area contributed by atoms with Gasteiger partial charge in [0.25, 0.3) is 0 Å². The lowest BCUT2D eigenvalue weighted by Gasteiger charge is -2.36. The second-order valence-corrected chi connectivity index (χ2v) is 8.46. The van der Waals surface area contributed by atoms with Crippen LogP contribution in [0.25, 0.3) is 0 Å². The first-order chi connectivity index (χ1) is 16.8. The van der Waals surface area contributed by atoms with Crippen molar-refractivity contribution in [3.8, 4) is 0 Å². The van der Waals surface area contributed by atoms with Crippen LogP contribution < -0.4 is 10.2 Å². The van der Waals surface area contributed by atoms with Gasteiger partial charge >= 0.3 is 5.97 Å². The molecule has 5 rings (SSSR count). The molecule has 0 spiro atoms. The van der Waals surface area contributed by atoms with Crippen molar-refractivity contribution in [2.75, 3.05) is 12.0 Å². The van der Waals surface area contributed by atoms with Crippen molar-refractivity contribution in [3.63, 3.8) is 0 Å². The third-order valence-corrected chi connectivity index (χ3v) is 6.70. The third-order valence-electron chi connectivity index (χ3n) is 6.70. The quantitative estimate of drug-likeness (QED) is 0.458. The van der Waals surface area contributed by atoms with Crippen molar-refractivity contribution in [1.29, 1.82) is 0 Å². The summed E-state index contributed by atoms with van der Waals surface area (Å²) in [7, 11) is 1.16. The topological polar surface area (TPSA) is 75.7 Å². The van der Waals surface area contributed by atoms with Crippen molar-refractivity contribution < 1.29 is 32.3 Å². The highest BCUT2D eigenvalue weighted by atomic mass is 19.1. The SMILES string of the molecule is COC(=O)[C@@H]1NC(c2ccc(F)cc2)(c2ccc(F)cc2)[C@H]2C(=O)N(c3ccc(F)cc3)C(=O)[C@@H]12. The van der Waals surface area contributed by atoms with Crippen molar-refractivity contribution >= 4 is 23.5 Å². The number of benzene rings is 3. The van der Waals surface area contributed by atoms with E-state index in [-0.39, 0.29) is 5.69 Å². The van der Waals surface area contributed by atoms with E-state index < -0.39 is 58.7 Å². The van der Waals surface area contributed by atoms with Crippen LogP contribution in [0.15, 0.2) is 72.8 Å². The number of nitrogens with one attached hydrogen (secondary N) is 1. The van der Waals surface area contributed by atoms with Gasteiger partial charge < -0.3 is 4.74 Å². The van der Waals surface area contributed by atoms with E-state index in [1.807, 2.05) is 0 Å². The number of halogens is 3. The molecule has 3 atom stereocenters. The predicted octanol–water partition coefficient (Wildman–Crippen LogP) is 3.30. The van der Waals surface area contributed by atoms with E-state index in [9.17, 15) is 27.6 Å². The van der Waals surface area contributed by atoms with Crippen LogP contribution in [-0.2, 0) is 24.7 Å². The number of hydrogen-bond acceptors (Lipinski definition) is 5. The van der Waals surface area contributed by atoms with Gasteiger partial charge in [0.2, 0.25) is 11.8 Å². The summed E-state index contributed by atoms with van der Waals surface area (Å²) in [5, 5.41) is 3.12. The molecule has 0 bridgehead atoms. The second kappa shape index (κ2) is 8.35. The molecular weight excluding hydrogens is 461 g/mol. The molecule has 0 aromatic heterocycles. The van der Waals surface area contributed by atoms with Gasteiger partial charge in [0.15, 0.2) is 0 Å². The smallest absolute Gasteiger partial charge is 0.323 e. The Labute approximate surface area is 198 Å².